The number of rotatable bonds is 10. The quantitative estimate of drug-likeness (QED) is 0.227. The van der Waals surface area contributed by atoms with Crippen LogP contribution in [0.3, 0.4) is 0 Å². The molecule has 8 nitrogen and oxygen atoms in total. The van der Waals surface area contributed by atoms with Crippen LogP contribution in [-0.2, 0) is 10.0 Å². The maximum Gasteiger partial charge on any atom is 0.262 e. The van der Waals surface area contributed by atoms with Gasteiger partial charge in [-0.2, -0.15) is 16.4 Å². The van der Waals surface area contributed by atoms with E-state index in [0.717, 1.165) is 10.9 Å². The van der Waals surface area contributed by atoms with Crippen LogP contribution < -0.4 is 14.8 Å². The smallest absolute Gasteiger partial charge is 0.262 e. The Morgan fingerprint density at radius 2 is 2.03 bits per heavy atom. The molecule has 0 fully saturated rings. The molecule has 1 unspecified atom stereocenters. The molecule has 12 heteroatoms. The van der Waals surface area contributed by atoms with E-state index in [1.807, 2.05) is 18.2 Å². The number of nitrogens with zero attached hydrogens (tertiary/aromatic N) is 1. The van der Waals surface area contributed by atoms with Crippen LogP contribution in [0.25, 0.3) is 10.9 Å². The number of hydrogen-bond acceptors (Lipinski definition) is 7. The molecule has 0 aliphatic carbocycles. The molecule has 4 N–H and O–H groups in total. The molecule has 0 aliphatic heterocycles. The Hall–Kier alpha value is -2.34. The third-order valence-corrected chi connectivity index (χ3v) is 7.61. The number of hydrogen-bond donors (Lipinski definition) is 4. The average molecular weight is 527 g/mol. The SMILES string of the molecule is O=S(=O)(Nc1cc(C(O)CNCCOc2ccc3c(Cl)n[nH]c3c2)ccc1Cl)c1ccsc1. The molecule has 0 bridgehead atoms. The van der Waals surface area contributed by atoms with Gasteiger partial charge >= 0.3 is 0 Å². The highest BCUT2D eigenvalue weighted by atomic mass is 35.5. The zero-order valence-electron chi connectivity index (χ0n) is 17.1. The van der Waals surface area contributed by atoms with Gasteiger partial charge in [0.1, 0.15) is 12.4 Å². The van der Waals surface area contributed by atoms with E-state index in [1.165, 1.54) is 28.8 Å². The Bertz CT molecular complexity index is 1340. The Morgan fingerprint density at radius 1 is 1.18 bits per heavy atom. The molecule has 0 saturated heterocycles. The second-order valence-corrected chi connectivity index (χ2v) is 10.3. The number of aliphatic hydroxyl groups excluding tert-OH is 1. The van der Waals surface area contributed by atoms with E-state index in [1.54, 1.807) is 17.5 Å². The minimum atomic E-state index is -3.75. The van der Waals surface area contributed by atoms with Crippen molar-refractivity contribution in [3.63, 3.8) is 0 Å². The average Bonchev–Trinajstić information content (AvgIpc) is 3.46. The number of anilines is 1. The summed E-state index contributed by atoms with van der Waals surface area (Å²) in [5, 5.41) is 25.1. The van der Waals surface area contributed by atoms with Crippen LogP contribution in [0.2, 0.25) is 10.2 Å². The number of aromatic amines is 1. The van der Waals surface area contributed by atoms with E-state index in [2.05, 4.69) is 20.2 Å². The van der Waals surface area contributed by atoms with Gasteiger partial charge in [-0.15, -0.1) is 0 Å². The van der Waals surface area contributed by atoms with Gasteiger partial charge in [-0.25, -0.2) is 8.42 Å². The van der Waals surface area contributed by atoms with Crippen molar-refractivity contribution in [2.45, 2.75) is 11.0 Å². The van der Waals surface area contributed by atoms with Crippen LogP contribution in [-0.4, -0.2) is 43.4 Å². The number of H-pyrrole nitrogens is 1. The maximum absolute atomic E-state index is 12.5. The second kappa shape index (κ2) is 10.3. The van der Waals surface area contributed by atoms with Crippen LogP contribution in [0.5, 0.6) is 5.75 Å². The summed E-state index contributed by atoms with van der Waals surface area (Å²) in [6, 6.07) is 11.7. The van der Waals surface area contributed by atoms with Crippen LogP contribution in [0.4, 0.5) is 5.69 Å². The minimum absolute atomic E-state index is 0.158. The molecule has 174 valence electrons. The fourth-order valence-electron chi connectivity index (χ4n) is 3.09. The second-order valence-electron chi connectivity index (χ2n) is 7.09. The van der Waals surface area contributed by atoms with Crippen LogP contribution in [0.1, 0.15) is 11.7 Å². The summed E-state index contributed by atoms with van der Waals surface area (Å²) in [6.45, 7) is 1.12. The predicted octanol–water partition coefficient (Wildman–Crippen LogP) is 4.43. The zero-order valence-corrected chi connectivity index (χ0v) is 20.2. The number of aliphatic hydroxyl groups is 1. The molecular weight excluding hydrogens is 507 g/mol. The normalized spacial score (nSPS) is 12.7. The van der Waals surface area contributed by atoms with Crippen molar-refractivity contribution in [1.29, 1.82) is 0 Å². The highest BCUT2D eigenvalue weighted by Gasteiger charge is 2.18. The molecule has 4 rings (SSSR count). The third kappa shape index (κ3) is 5.78. The summed E-state index contributed by atoms with van der Waals surface area (Å²) >= 11 is 13.4. The first kappa shape index (κ1) is 23.8. The molecule has 4 aromatic rings. The first-order valence-corrected chi connectivity index (χ1v) is 13.0. The first-order chi connectivity index (χ1) is 15.8. The molecule has 0 radical (unpaired) electrons. The number of halogens is 2. The maximum atomic E-state index is 12.5. The lowest BCUT2D eigenvalue weighted by Gasteiger charge is -2.15. The molecule has 0 saturated carbocycles. The fraction of sp³-hybridized carbons (Fsp3) is 0.190. The monoisotopic (exact) mass is 526 g/mol. The molecule has 1 atom stereocenters. The van der Waals surface area contributed by atoms with Gasteiger partial charge in [0.05, 0.1) is 27.2 Å². The number of sulfonamides is 1. The first-order valence-electron chi connectivity index (χ1n) is 9.83. The highest BCUT2D eigenvalue weighted by Crippen LogP contribution is 2.29. The van der Waals surface area contributed by atoms with Crippen molar-refractivity contribution in [2.24, 2.45) is 0 Å². The molecule has 2 aromatic heterocycles. The highest BCUT2D eigenvalue weighted by molar-refractivity contribution is 7.92. The largest absolute Gasteiger partial charge is 0.492 e. The van der Waals surface area contributed by atoms with Gasteiger partial charge in [-0.1, -0.05) is 29.3 Å². The fourth-order valence-corrected chi connectivity index (χ4v) is 5.62. The summed E-state index contributed by atoms with van der Waals surface area (Å²) < 4.78 is 33.1. The summed E-state index contributed by atoms with van der Waals surface area (Å²) in [7, 11) is -3.75. The number of aromatic nitrogens is 2. The molecule has 0 spiro atoms. The standard InChI is InChI=1S/C21H20Cl2N4O4S2/c22-17-4-1-13(9-19(17)27-33(29,30)15-5-8-32-12-15)20(28)11-24-6-7-31-14-2-3-16-18(10-14)25-26-21(16)23/h1-5,8-10,12,20,24,27-28H,6-7,11H2,(H,25,26). The minimum Gasteiger partial charge on any atom is -0.492 e. The van der Waals surface area contributed by atoms with E-state index >= 15 is 0 Å². The van der Waals surface area contributed by atoms with Gasteiger partial charge in [-0.3, -0.25) is 9.82 Å². The van der Waals surface area contributed by atoms with E-state index in [9.17, 15) is 13.5 Å². The van der Waals surface area contributed by atoms with Crippen molar-refractivity contribution in [3.05, 3.63) is 69.0 Å². The number of ether oxygens (including phenoxy) is 1. The number of thiophene rings is 1. The number of benzene rings is 2. The predicted molar refractivity (Wildman–Crippen MR) is 131 cm³/mol. The van der Waals surface area contributed by atoms with Crippen molar-refractivity contribution in [2.75, 3.05) is 24.4 Å². The molecule has 2 heterocycles. The summed E-state index contributed by atoms with van der Waals surface area (Å²) in [4.78, 5) is 0.158. The van der Waals surface area contributed by atoms with Gasteiger partial charge < -0.3 is 15.2 Å². The lowest BCUT2D eigenvalue weighted by molar-refractivity contribution is 0.172. The van der Waals surface area contributed by atoms with E-state index in [-0.39, 0.29) is 22.2 Å². The van der Waals surface area contributed by atoms with Gasteiger partial charge in [-0.05, 0) is 41.3 Å². The van der Waals surface area contributed by atoms with Crippen molar-refractivity contribution in [3.8, 4) is 5.75 Å². The Kier molecular flexibility index (Phi) is 7.42. The number of fused-ring (bicyclic) bond motifs is 1. The summed E-state index contributed by atoms with van der Waals surface area (Å²) in [6.07, 6.45) is -0.866. The lowest BCUT2D eigenvalue weighted by atomic mass is 10.1. The van der Waals surface area contributed by atoms with E-state index in [0.29, 0.717) is 29.6 Å². The Morgan fingerprint density at radius 3 is 2.82 bits per heavy atom. The molecule has 2 aromatic carbocycles. The van der Waals surface area contributed by atoms with Gasteiger partial charge in [0.25, 0.3) is 10.0 Å². The number of nitrogens with one attached hydrogen (secondary N) is 3. The van der Waals surface area contributed by atoms with Crippen molar-refractivity contribution >= 4 is 61.2 Å². The van der Waals surface area contributed by atoms with Gasteiger partial charge in [0.15, 0.2) is 5.15 Å². The van der Waals surface area contributed by atoms with Gasteiger partial charge in [0, 0.05) is 29.9 Å². The third-order valence-electron chi connectivity index (χ3n) is 4.80. The lowest BCUT2D eigenvalue weighted by Crippen LogP contribution is -2.26. The Labute approximate surface area is 204 Å². The molecule has 33 heavy (non-hydrogen) atoms. The molecule has 0 amide bonds. The van der Waals surface area contributed by atoms with Crippen molar-refractivity contribution in [1.82, 2.24) is 15.5 Å². The Balaban J connectivity index is 1.29. The van der Waals surface area contributed by atoms with Crippen molar-refractivity contribution < 1.29 is 18.3 Å². The molecular formula is C21H20Cl2N4O4S2. The summed E-state index contributed by atoms with van der Waals surface area (Å²) in [5.74, 6) is 0.672. The van der Waals surface area contributed by atoms with E-state index < -0.39 is 16.1 Å². The van der Waals surface area contributed by atoms with Crippen LogP contribution in [0, 0.1) is 0 Å². The topological polar surface area (TPSA) is 116 Å². The molecule has 0 aliphatic rings. The zero-order chi connectivity index (χ0) is 23.4. The van der Waals surface area contributed by atoms with Crippen LogP contribution in [0.15, 0.2) is 58.1 Å². The van der Waals surface area contributed by atoms with Gasteiger partial charge in [0.2, 0.25) is 0 Å². The van der Waals surface area contributed by atoms with Crippen LogP contribution >= 0.6 is 34.5 Å². The summed E-state index contributed by atoms with van der Waals surface area (Å²) in [5.41, 5.74) is 1.52. The van der Waals surface area contributed by atoms with E-state index in [4.69, 9.17) is 27.9 Å².